The minimum atomic E-state index is -0.298. The molecule has 0 aliphatic carbocycles. The van der Waals surface area contributed by atoms with E-state index in [0.29, 0.717) is 30.6 Å². The number of carbonyl (C=O) groups excluding carboxylic acids is 3. The van der Waals surface area contributed by atoms with Crippen molar-refractivity contribution in [1.82, 2.24) is 19.6 Å². The van der Waals surface area contributed by atoms with Crippen molar-refractivity contribution in [3.05, 3.63) is 53.9 Å². The summed E-state index contributed by atoms with van der Waals surface area (Å²) in [6.45, 7) is 1.00. The highest BCUT2D eigenvalue weighted by Crippen LogP contribution is 2.21. The Kier molecular flexibility index (Phi) is 4.41. The molecule has 7 heteroatoms. The number of hydrogen-bond acceptors (Lipinski definition) is 4. The van der Waals surface area contributed by atoms with Gasteiger partial charge in [0, 0.05) is 45.5 Å². The minimum Gasteiger partial charge on any atom is -0.344 e. The molecule has 124 valence electrons. The third-order valence-corrected chi connectivity index (χ3v) is 4.08. The highest BCUT2D eigenvalue weighted by Gasteiger charge is 2.34. The lowest BCUT2D eigenvalue weighted by molar-refractivity contribution is -0.130. The summed E-state index contributed by atoms with van der Waals surface area (Å²) >= 11 is 0. The van der Waals surface area contributed by atoms with Gasteiger partial charge in [-0.15, -0.1) is 0 Å². The lowest BCUT2D eigenvalue weighted by atomic mass is 10.1. The van der Waals surface area contributed by atoms with Crippen LogP contribution in [0.5, 0.6) is 0 Å². The van der Waals surface area contributed by atoms with Crippen LogP contribution in [0.25, 0.3) is 0 Å². The van der Waals surface area contributed by atoms with Gasteiger partial charge < -0.3 is 4.90 Å². The third kappa shape index (κ3) is 3.05. The van der Waals surface area contributed by atoms with Crippen molar-refractivity contribution in [3.8, 4) is 0 Å². The van der Waals surface area contributed by atoms with E-state index in [1.165, 1.54) is 9.80 Å². The van der Waals surface area contributed by atoms with E-state index in [-0.39, 0.29) is 24.3 Å². The standard InChI is InChI=1S/C17H18N4O3/c1-19(15(22)7-10-20-9-4-8-18-20)11-12-21-16(23)13-5-2-3-6-14(13)17(21)24/h2-6,8-9H,7,10-12H2,1H3. The molecule has 0 fully saturated rings. The largest absolute Gasteiger partial charge is 0.344 e. The van der Waals surface area contributed by atoms with Crippen molar-refractivity contribution in [2.45, 2.75) is 13.0 Å². The smallest absolute Gasteiger partial charge is 0.261 e. The van der Waals surface area contributed by atoms with Gasteiger partial charge in [0.2, 0.25) is 5.91 Å². The second-order valence-corrected chi connectivity index (χ2v) is 5.64. The maximum Gasteiger partial charge on any atom is 0.261 e. The van der Waals surface area contributed by atoms with Crippen LogP contribution in [0, 0.1) is 0 Å². The van der Waals surface area contributed by atoms with Crippen LogP contribution in [0.1, 0.15) is 27.1 Å². The number of fused-ring (bicyclic) bond motifs is 1. The average Bonchev–Trinajstić information content (AvgIpc) is 3.19. The Hall–Kier alpha value is -2.96. The second kappa shape index (κ2) is 6.66. The summed E-state index contributed by atoms with van der Waals surface area (Å²) in [6.07, 6.45) is 3.78. The molecule has 0 radical (unpaired) electrons. The van der Waals surface area contributed by atoms with Gasteiger partial charge in [0.15, 0.2) is 0 Å². The van der Waals surface area contributed by atoms with Gasteiger partial charge in [-0.05, 0) is 18.2 Å². The highest BCUT2D eigenvalue weighted by molar-refractivity contribution is 6.21. The molecule has 2 aromatic rings. The lowest BCUT2D eigenvalue weighted by Gasteiger charge is -2.21. The zero-order valence-corrected chi connectivity index (χ0v) is 13.4. The van der Waals surface area contributed by atoms with E-state index in [9.17, 15) is 14.4 Å². The first-order valence-corrected chi connectivity index (χ1v) is 7.74. The monoisotopic (exact) mass is 326 g/mol. The average molecular weight is 326 g/mol. The van der Waals surface area contributed by atoms with Crippen LogP contribution in [0.15, 0.2) is 42.7 Å². The quantitative estimate of drug-likeness (QED) is 0.743. The zero-order chi connectivity index (χ0) is 17.1. The van der Waals surface area contributed by atoms with Gasteiger partial charge in [0.25, 0.3) is 11.8 Å². The van der Waals surface area contributed by atoms with Crippen molar-refractivity contribution in [2.24, 2.45) is 0 Å². The van der Waals surface area contributed by atoms with Crippen molar-refractivity contribution >= 4 is 17.7 Å². The van der Waals surface area contributed by atoms with Crippen LogP contribution in [0.2, 0.25) is 0 Å². The Morgan fingerprint density at radius 3 is 2.33 bits per heavy atom. The summed E-state index contributed by atoms with van der Waals surface area (Å²) in [4.78, 5) is 39.4. The number of likely N-dealkylation sites (N-methyl/N-ethyl adjacent to an activating group) is 1. The number of amides is 3. The van der Waals surface area contributed by atoms with Crippen molar-refractivity contribution in [3.63, 3.8) is 0 Å². The first-order chi connectivity index (χ1) is 11.6. The molecule has 0 saturated heterocycles. The van der Waals surface area contributed by atoms with Crippen LogP contribution in [-0.2, 0) is 11.3 Å². The SMILES string of the molecule is CN(CCN1C(=O)c2ccccc2C1=O)C(=O)CCn1cccn1. The molecule has 1 aliphatic rings. The predicted octanol–water partition coefficient (Wildman–Crippen LogP) is 1.03. The van der Waals surface area contributed by atoms with E-state index in [2.05, 4.69) is 5.10 Å². The summed E-state index contributed by atoms with van der Waals surface area (Å²) in [5, 5.41) is 4.05. The van der Waals surface area contributed by atoms with E-state index in [1.807, 2.05) is 0 Å². The number of hydrogen-bond donors (Lipinski definition) is 0. The van der Waals surface area contributed by atoms with Gasteiger partial charge in [0.1, 0.15) is 0 Å². The van der Waals surface area contributed by atoms with Gasteiger partial charge in [0.05, 0.1) is 11.1 Å². The molecule has 0 N–H and O–H groups in total. The summed E-state index contributed by atoms with van der Waals surface area (Å²) in [5.74, 6) is -0.650. The molecule has 0 saturated carbocycles. The molecule has 1 aromatic heterocycles. The molecule has 0 unspecified atom stereocenters. The Morgan fingerprint density at radius 1 is 1.08 bits per heavy atom. The van der Waals surface area contributed by atoms with Crippen LogP contribution in [0.4, 0.5) is 0 Å². The second-order valence-electron chi connectivity index (χ2n) is 5.64. The van der Waals surface area contributed by atoms with E-state index in [1.54, 1.807) is 54.5 Å². The van der Waals surface area contributed by atoms with Crippen LogP contribution >= 0.6 is 0 Å². The zero-order valence-electron chi connectivity index (χ0n) is 13.4. The fraction of sp³-hybridized carbons (Fsp3) is 0.294. The van der Waals surface area contributed by atoms with Crippen molar-refractivity contribution in [1.29, 1.82) is 0 Å². The molecule has 2 heterocycles. The summed E-state index contributed by atoms with van der Waals surface area (Å²) in [7, 11) is 1.67. The highest BCUT2D eigenvalue weighted by atomic mass is 16.2. The molecule has 0 spiro atoms. The van der Waals surface area contributed by atoms with Crippen molar-refractivity contribution in [2.75, 3.05) is 20.1 Å². The molecule has 1 aliphatic heterocycles. The summed E-state index contributed by atoms with van der Waals surface area (Å²) in [5.41, 5.74) is 0.852. The molecule has 0 atom stereocenters. The van der Waals surface area contributed by atoms with Crippen molar-refractivity contribution < 1.29 is 14.4 Å². The number of imide groups is 1. The minimum absolute atomic E-state index is 0.0536. The van der Waals surface area contributed by atoms with Crippen LogP contribution < -0.4 is 0 Å². The van der Waals surface area contributed by atoms with E-state index in [4.69, 9.17) is 0 Å². The maximum absolute atomic E-state index is 12.3. The molecule has 0 bridgehead atoms. The molecule has 3 amide bonds. The third-order valence-electron chi connectivity index (χ3n) is 4.08. The Bertz CT molecular complexity index is 735. The van der Waals surface area contributed by atoms with Crippen LogP contribution in [-0.4, -0.2) is 57.4 Å². The molecule has 3 rings (SSSR count). The number of benzene rings is 1. The molecule has 1 aromatic carbocycles. The van der Waals surface area contributed by atoms with Crippen LogP contribution in [0.3, 0.4) is 0 Å². The van der Waals surface area contributed by atoms with E-state index in [0.717, 1.165) is 0 Å². The number of nitrogens with zero attached hydrogens (tertiary/aromatic N) is 4. The van der Waals surface area contributed by atoms with Gasteiger partial charge in [-0.2, -0.15) is 5.10 Å². The lowest BCUT2D eigenvalue weighted by Crippen LogP contribution is -2.39. The number of aromatic nitrogens is 2. The molecular weight excluding hydrogens is 308 g/mol. The fourth-order valence-corrected chi connectivity index (χ4v) is 2.65. The van der Waals surface area contributed by atoms with Gasteiger partial charge in [-0.3, -0.25) is 24.0 Å². The Morgan fingerprint density at radius 2 is 1.75 bits per heavy atom. The summed E-state index contributed by atoms with van der Waals surface area (Å²) < 4.78 is 1.69. The first-order valence-electron chi connectivity index (χ1n) is 7.74. The normalized spacial score (nSPS) is 13.3. The van der Waals surface area contributed by atoms with Gasteiger partial charge >= 0.3 is 0 Å². The van der Waals surface area contributed by atoms with Gasteiger partial charge in [-0.1, -0.05) is 12.1 Å². The topological polar surface area (TPSA) is 75.5 Å². The molecule has 7 nitrogen and oxygen atoms in total. The summed E-state index contributed by atoms with van der Waals surface area (Å²) in [6, 6.07) is 8.57. The van der Waals surface area contributed by atoms with Gasteiger partial charge in [-0.25, -0.2) is 0 Å². The number of aryl methyl sites for hydroxylation is 1. The number of carbonyl (C=O) groups is 3. The predicted molar refractivity (Wildman–Crippen MR) is 86.3 cm³/mol. The Labute approximate surface area is 139 Å². The number of rotatable bonds is 6. The van der Waals surface area contributed by atoms with E-state index < -0.39 is 0 Å². The fourth-order valence-electron chi connectivity index (χ4n) is 2.65. The molecule has 24 heavy (non-hydrogen) atoms. The first kappa shape index (κ1) is 15.9. The molecular formula is C17H18N4O3. The van der Waals surface area contributed by atoms with E-state index >= 15 is 0 Å². The maximum atomic E-state index is 12.3. The Balaban J connectivity index is 1.53.